The fraction of sp³-hybridized carbons (Fsp3) is 0.719. The zero-order chi connectivity index (χ0) is 42.7. The molecular formula is C57H94N2Ni. The third-order valence-corrected chi connectivity index (χ3v) is 13.5. The minimum absolute atomic E-state index is 0. The van der Waals surface area contributed by atoms with Crippen LogP contribution in [0.2, 0.25) is 0 Å². The van der Waals surface area contributed by atoms with E-state index < -0.39 is 0 Å². The molecule has 0 fully saturated rings. The minimum Gasteiger partial charge on any atom is -0.493 e. The third-order valence-electron chi connectivity index (χ3n) is 13.5. The second-order valence-corrected chi connectivity index (χ2v) is 18.6. The van der Waals surface area contributed by atoms with Crippen molar-refractivity contribution >= 4 is 11.4 Å². The predicted molar refractivity (Wildman–Crippen MR) is 263 cm³/mol. The van der Waals surface area contributed by atoms with Gasteiger partial charge in [-0.2, -0.15) is 0 Å². The maximum atomic E-state index is 12.8. The molecule has 342 valence electrons. The Morgan fingerprint density at radius 3 is 0.933 bits per heavy atom. The number of hydrogen-bond acceptors (Lipinski definition) is 0. The molecule has 0 spiro atoms. The molecule has 2 aromatic rings. The Morgan fingerprint density at radius 1 is 0.350 bits per heavy atom. The Labute approximate surface area is 383 Å². The molecule has 1 aliphatic heterocycles. The Hall–Kier alpha value is -1.99. The number of unbranched alkanes of at least 4 members (excludes halogenated alkanes) is 19. The van der Waals surface area contributed by atoms with E-state index in [-0.39, 0.29) is 16.5 Å². The molecule has 2 nitrogen and oxygen atoms in total. The van der Waals surface area contributed by atoms with Gasteiger partial charge >= 0.3 is 0 Å². The van der Waals surface area contributed by atoms with Crippen LogP contribution in [0.1, 0.15) is 273 Å². The van der Waals surface area contributed by atoms with Crippen LogP contribution in [0.15, 0.2) is 35.4 Å². The van der Waals surface area contributed by atoms with E-state index in [2.05, 4.69) is 79.7 Å². The van der Waals surface area contributed by atoms with Gasteiger partial charge in [-0.05, 0) is 154 Å². The number of allylic oxidation sites excluding steroid dienone is 2. The molecular weight excluding hydrogens is 771 g/mol. The SMILES string of the molecule is CCCCCCc1cc(C2=C(C)C(CCCC)=C(c3cc(CCCCCC)c(CCCCCC)c(CCCCCC)c3)[N+]2=[N-])cc(CCCCCC)c1CCCCCC.[Ni]. The summed E-state index contributed by atoms with van der Waals surface area (Å²) in [5.74, 6) is 0. The quantitative estimate of drug-likeness (QED) is 0.0375. The fourth-order valence-electron chi connectivity index (χ4n) is 9.84. The molecule has 0 saturated carbocycles. The van der Waals surface area contributed by atoms with Crippen molar-refractivity contribution in [2.45, 2.75) is 267 Å². The molecule has 1 heterocycles. The first kappa shape index (κ1) is 54.1. The van der Waals surface area contributed by atoms with Gasteiger partial charge in [0, 0.05) is 38.8 Å². The summed E-state index contributed by atoms with van der Waals surface area (Å²) in [5.41, 5.74) is 29.6. The first-order valence-corrected chi connectivity index (χ1v) is 26.1. The van der Waals surface area contributed by atoms with Crippen LogP contribution >= 0.6 is 0 Å². The Balaban J connectivity index is 0.0000124. The van der Waals surface area contributed by atoms with Gasteiger partial charge in [-0.15, -0.1) is 0 Å². The van der Waals surface area contributed by atoms with E-state index >= 15 is 0 Å². The number of nitrogens with zero attached hydrogens (tertiary/aromatic N) is 2. The van der Waals surface area contributed by atoms with Gasteiger partial charge in [0.25, 0.3) is 0 Å². The molecule has 0 aliphatic carbocycles. The van der Waals surface area contributed by atoms with Gasteiger partial charge in [0.15, 0.2) is 0 Å². The van der Waals surface area contributed by atoms with E-state index in [0.29, 0.717) is 0 Å². The molecule has 0 radical (unpaired) electrons. The normalized spacial score (nSPS) is 13.0. The first-order valence-electron chi connectivity index (χ1n) is 26.1. The maximum Gasteiger partial charge on any atom is 0.211 e. The Kier molecular flexibility index (Phi) is 29.5. The molecule has 0 bridgehead atoms. The molecule has 0 atom stereocenters. The molecule has 1 aliphatic rings. The van der Waals surface area contributed by atoms with Crippen LogP contribution in [0.3, 0.4) is 0 Å². The van der Waals surface area contributed by atoms with Crippen molar-refractivity contribution in [3.8, 4) is 0 Å². The molecule has 0 amide bonds. The Bertz CT molecular complexity index is 1490. The zero-order valence-electron chi connectivity index (χ0n) is 40.9. The predicted octanol–water partition coefficient (Wildman–Crippen LogP) is 18.8. The second kappa shape index (κ2) is 32.7. The number of aryl methyl sites for hydroxylation is 4. The fourth-order valence-corrected chi connectivity index (χ4v) is 9.84. The average Bonchev–Trinajstić information content (AvgIpc) is 3.49. The summed E-state index contributed by atoms with van der Waals surface area (Å²) < 4.78 is 1.69. The molecule has 0 saturated heterocycles. The molecule has 0 aromatic heterocycles. The maximum absolute atomic E-state index is 12.8. The van der Waals surface area contributed by atoms with Gasteiger partial charge in [-0.1, -0.05) is 170 Å². The summed E-state index contributed by atoms with van der Waals surface area (Å²) in [6, 6.07) is 10.2. The van der Waals surface area contributed by atoms with Gasteiger partial charge in [-0.3, -0.25) is 0 Å². The summed E-state index contributed by atoms with van der Waals surface area (Å²) in [5, 5.41) is 0. The topological polar surface area (TPSA) is 25.3 Å². The number of rotatable bonds is 35. The minimum atomic E-state index is 0. The van der Waals surface area contributed by atoms with E-state index in [9.17, 15) is 5.53 Å². The van der Waals surface area contributed by atoms with Gasteiger partial charge in [0.1, 0.15) is 0 Å². The molecule has 60 heavy (non-hydrogen) atoms. The van der Waals surface area contributed by atoms with Crippen molar-refractivity contribution < 1.29 is 21.2 Å². The van der Waals surface area contributed by atoms with Gasteiger partial charge in [0.05, 0.1) is 0 Å². The molecule has 3 rings (SSSR count). The van der Waals surface area contributed by atoms with E-state index in [1.54, 1.807) is 38.1 Å². The van der Waals surface area contributed by atoms with Crippen LogP contribution in [0.25, 0.3) is 16.9 Å². The smallest absolute Gasteiger partial charge is 0.211 e. The second-order valence-electron chi connectivity index (χ2n) is 18.6. The van der Waals surface area contributed by atoms with Crippen molar-refractivity contribution in [3.63, 3.8) is 0 Å². The Morgan fingerprint density at radius 2 is 0.633 bits per heavy atom. The molecule has 0 N–H and O–H groups in total. The summed E-state index contributed by atoms with van der Waals surface area (Å²) in [7, 11) is 0. The third kappa shape index (κ3) is 17.6. The number of hydrogen-bond donors (Lipinski definition) is 0. The van der Waals surface area contributed by atoms with Crippen LogP contribution in [-0.4, -0.2) is 4.70 Å². The molecule has 2 aromatic carbocycles. The van der Waals surface area contributed by atoms with Gasteiger partial charge < -0.3 is 5.53 Å². The molecule has 3 heteroatoms. The van der Waals surface area contributed by atoms with E-state index in [0.717, 1.165) is 56.3 Å². The van der Waals surface area contributed by atoms with Crippen LogP contribution < -0.4 is 0 Å². The average molecular weight is 866 g/mol. The molecule has 0 unspecified atom stereocenters. The van der Waals surface area contributed by atoms with Crippen molar-refractivity contribution in [2.75, 3.05) is 0 Å². The summed E-state index contributed by atoms with van der Waals surface area (Å²) in [4.78, 5) is 0. The number of benzene rings is 2. The first-order chi connectivity index (χ1) is 28.9. The summed E-state index contributed by atoms with van der Waals surface area (Å²) in [6.07, 6.45) is 41.4. The van der Waals surface area contributed by atoms with Crippen molar-refractivity contribution in [2.24, 2.45) is 0 Å². The van der Waals surface area contributed by atoms with E-state index in [1.165, 1.54) is 189 Å². The monoisotopic (exact) mass is 865 g/mol. The van der Waals surface area contributed by atoms with Crippen molar-refractivity contribution in [1.29, 1.82) is 0 Å². The standard InChI is InChI=1S/C57H94N2.Ni/c1-9-16-23-29-35-47-42-51(43-48(36-30-24-17-10-2)54(47)40-33-27-20-13-5)56-46(8)53(39-22-15-7)57(59(56)58)52-44-49(37-31-25-18-11-3)55(41-34-28-21-14-6)50(45-52)38-32-26-19-12-4;/h42-45H,9-41H2,1-8H3;. The summed E-state index contributed by atoms with van der Waals surface area (Å²) in [6.45, 7) is 18.6. The van der Waals surface area contributed by atoms with Crippen LogP contribution in [0, 0.1) is 0 Å². The van der Waals surface area contributed by atoms with Gasteiger partial charge in [-0.25, -0.2) is 4.70 Å². The zero-order valence-corrected chi connectivity index (χ0v) is 41.8. The summed E-state index contributed by atoms with van der Waals surface area (Å²) >= 11 is 0. The van der Waals surface area contributed by atoms with Crippen LogP contribution in [0.4, 0.5) is 0 Å². The van der Waals surface area contributed by atoms with Crippen molar-refractivity contribution in [3.05, 3.63) is 85.5 Å². The van der Waals surface area contributed by atoms with Crippen LogP contribution in [0.5, 0.6) is 0 Å². The van der Waals surface area contributed by atoms with Crippen LogP contribution in [-0.2, 0) is 55.0 Å². The largest absolute Gasteiger partial charge is 0.493 e. The van der Waals surface area contributed by atoms with Gasteiger partial charge in [0.2, 0.25) is 11.4 Å². The van der Waals surface area contributed by atoms with Crippen molar-refractivity contribution in [1.82, 2.24) is 0 Å². The van der Waals surface area contributed by atoms with E-state index in [1.807, 2.05) is 0 Å². The van der Waals surface area contributed by atoms with E-state index in [4.69, 9.17) is 0 Å².